The lowest BCUT2D eigenvalue weighted by Gasteiger charge is -2.12. The van der Waals surface area contributed by atoms with Gasteiger partial charge in [-0.05, 0) is 42.8 Å². The lowest BCUT2D eigenvalue weighted by atomic mass is 10.1. The summed E-state index contributed by atoms with van der Waals surface area (Å²) in [6.45, 7) is 2.15. The molecule has 0 atom stereocenters. The average molecular weight is 263 g/mol. The van der Waals surface area contributed by atoms with Gasteiger partial charge in [0.05, 0.1) is 12.8 Å². The number of halogens is 2. The average Bonchev–Trinajstić information content (AvgIpc) is 2.40. The zero-order valence-electron chi connectivity index (χ0n) is 10.8. The maximum atomic E-state index is 13.5. The van der Waals surface area contributed by atoms with Crippen LogP contribution in [0.15, 0.2) is 36.4 Å². The van der Waals surface area contributed by atoms with Crippen molar-refractivity contribution in [1.29, 1.82) is 0 Å². The Kier molecular flexibility index (Phi) is 4.00. The van der Waals surface area contributed by atoms with Crippen molar-refractivity contribution in [3.05, 3.63) is 59.2 Å². The number of hydrogen-bond acceptors (Lipinski definition) is 2. The van der Waals surface area contributed by atoms with E-state index in [2.05, 4.69) is 5.32 Å². The van der Waals surface area contributed by atoms with Crippen LogP contribution in [-0.2, 0) is 6.54 Å². The molecule has 0 aromatic heterocycles. The molecule has 2 aromatic carbocycles. The predicted molar refractivity (Wildman–Crippen MR) is 71.4 cm³/mol. The number of ether oxygens (including phenoxy) is 1. The molecular formula is C15H15F2NO. The predicted octanol–water partition coefficient (Wildman–Crippen LogP) is 3.89. The second-order valence-corrected chi connectivity index (χ2v) is 4.29. The SMILES string of the molecule is COc1cc(C)ccc1NCc1cc(F)ccc1F. The van der Waals surface area contributed by atoms with Gasteiger partial charge in [-0.3, -0.25) is 0 Å². The minimum absolute atomic E-state index is 0.197. The molecule has 0 fully saturated rings. The van der Waals surface area contributed by atoms with Crippen molar-refractivity contribution < 1.29 is 13.5 Å². The highest BCUT2D eigenvalue weighted by Gasteiger charge is 2.06. The van der Waals surface area contributed by atoms with Crippen LogP contribution in [0, 0.1) is 18.6 Å². The molecule has 0 aliphatic heterocycles. The Bertz CT molecular complexity index is 584. The molecule has 0 aliphatic rings. The summed E-state index contributed by atoms with van der Waals surface area (Å²) in [7, 11) is 1.57. The maximum Gasteiger partial charge on any atom is 0.142 e. The molecule has 2 rings (SSSR count). The first-order valence-corrected chi connectivity index (χ1v) is 5.92. The van der Waals surface area contributed by atoms with Gasteiger partial charge in [0, 0.05) is 12.1 Å². The van der Waals surface area contributed by atoms with Crippen molar-refractivity contribution in [2.24, 2.45) is 0 Å². The van der Waals surface area contributed by atoms with Gasteiger partial charge in [0.15, 0.2) is 0 Å². The van der Waals surface area contributed by atoms with Crippen molar-refractivity contribution in [3.63, 3.8) is 0 Å². The van der Waals surface area contributed by atoms with Crippen LogP contribution in [0.25, 0.3) is 0 Å². The Morgan fingerprint density at radius 3 is 2.63 bits per heavy atom. The Balaban J connectivity index is 2.16. The van der Waals surface area contributed by atoms with Gasteiger partial charge in [0.1, 0.15) is 17.4 Å². The Morgan fingerprint density at radius 2 is 1.89 bits per heavy atom. The van der Waals surface area contributed by atoms with Gasteiger partial charge in [-0.2, -0.15) is 0 Å². The number of aryl methyl sites for hydroxylation is 1. The molecule has 0 saturated heterocycles. The van der Waals surface area contributed by atoms with Crippen molar-refractivity contribution in [1.82, 2.24) is 0 Å². The van der Waals surface area contributed by atoms with E-state index in [1.165, 1.54) is 6.07 Å². The molecule has 19 heavy (non-hydrogen) atoms. The molecule has 0 aliphatic carbocycles. The molecule has 1 N–H and O–H groups in total. The van der Waals surface area contributed by atoms with Gasteiger partial charge >= 0.3 is 0 Å². The Hall–Kier alpha value is -2.10. The van der Waals surface area contributed by atoms with Crippen LogP contribution in [-0.4, -0.2) is 7.11 Å². The number of hydrogen-bond donors (Lipinski definition) is 1. The first-order valence-electron chi connectivity index (χ1n) is 5.92. The van der Waals surface area contributed by atoms with Crippen molar-refractivity contribution in [2.45, 2.75) is 13.5 Å². The van der Waals surface area contributed by atoms with Gasteiger partial charge in [-0.25, -0.2) is 8.78 Å². The maximum absolute atomic E-state index is 13.5. The van der Waals surface area contributed by atoms with Crippen LogP contribution in [0.1, 0.15) is 11.1 Å². The third kappa shape index (κ3) is 3.22. The molecule has 0 bridgehead atoms. The molecule has 0 radical (unpaired) electrons. The molecule has 0 heterocycles. The van der Waals surface area contributed by atoms with Crippen LogP contribution in [0.5, 0.6) is 5.75 Å². The smallest absolute Gasteiger partial charge is 0.142 e. The van der Waals surface area contributed by atoms with Crippen LogP contribution in [0.4, 0.5) is 14.5 Å². The number of anilines is 1. The van der Waals surface area contributed by atoms with Gasteiger partial charge in [0.2, 0.25) is 0 Å². The largest absolute Gasteiger partial charge is 0.495 e. The summed E-state index contributed by atoms with van der Waals surface area (Å²) < 4.78 is 31.8. The van der Waals surface area contributed by atoms with Crippen LogP contribution < -0.4 is 10.1 Å². The summed E-state index contributed by atoms with van der Waals surface area (Å²) in [5, 5.41) is 3.04. The number of nitrogens with one attached hydrogen (secondary N) is 1. The lowest BCUT2D eigenvalue weighted by Crippen LogP contribution is -2.04. The Labute approximate surface area is 111 Å². The van der Waals surface area contributed by atoms with E-state index in [1.54, 1.807) is 7.11 Å². The Morgan fingerprint density at radius 1 is 1.11 bits per heavy atom. The van der Waals surface area contributed by atoms with E-state index >= 15 is 0 Å². The third-order valence-electron chi connectivity index (χ3n) is 2.83. The second kappa shape index (κ2) is 5.69. The number of benzene rings is 2. The zero-order chi connectivity index (χ0) is 13.8. The highest BCUT2D eigenvalue weighted by atomic mass is 19.1. The van der Waals surface area contributed by atoms with Crippen LogP contribution >= 0.6 is 0 Å². The number of rotatable bonds is 4. The zero-order valence-corrected chi connectivity index (χ0v) is 10.8. The van der Waals surface area contributed by atoms with Gasteiger partial charge in [-0.1, -0.05) is 6.07 Å². The van der Waals surface area contributed by atoms with Crippen LogP contribution in [0.2, 0.25) is 0 Å². The fourth-order valence-electron chi connectivity index (χ4n) is 1.81. The molecule has 2 nitrogen and oxygen atoms in total. The first kappa shape index (κ1) is 13.3. The lowest BCUT2D eigenvalue weighted by molar-refractivity contribution is 0.416. The van der Waals surface area contributed by atoms with E-state index in [-0.39, 0.29) is 12.1 Å². The normalized spacial score (nSPS) is 10.3. The van der Waals surface area contributed by atoms with E-state index in [0.717, 1.165) is 23.4 Å². The minimum Gasteiger partial charge on any atom is -0.495 e. The van der Waals surface area contributed by atoms with E-state index in [9.17, 15) is 8.78 Å². The monoisotopic (exact) mass is 263 g/mol. The topological polar surface area (TPSA) is 21.3 Å². The molecule has 100 valence electrons. The minimum atomic E-state index is -0.450. The first-order chi connectivity index (χ1) is 9.10. The summed E-state index contributed by atoms with van der Waals surface area (Å²) in [6.07, 6.45) is 0. The summed E-state index contributed by atoms with van der Waals surface area (Å²) >= 11 is 0. The fourth-order valence-corrected chi connectivity index (χ4v) is 1.81. The molecular weight excluding hydrogens is 248 g/mol. The molecule has 4 heteroatoms. The van der Waals surface area contributed by atoms with Crippen molar-refractivity contribution >= 4 is 5.69 Å². The van der Waals surface area contributed by atoms with Crippen LogP contribution in [0.3, 0.4) is 0 Å². The molecule has 0 unspecified atom stereocenters. The summed E-state index contributed by atoms with van der Waals surface area (Å²) in [5.74, 6) is -0.203. The highest BCUT2D eigenvalue weighted by molar-refractivity contribution is 5.57. The number of methoxy groups -OCH3 is 1. The van der Waals surface area contributed by atoms with E-state index < -0.39 is 11.6 Å². The fraction of sp³-hybridized carbons (Fsp3) is 0.200. The van der Waals surface area contributed by atoms with Crippen molar-refractivity contribution in [3.8, 4) is 5.75 Å². The van der Waals surface area contributed by atoms with Gasteiger partial charge in [-0.15, -0.1) is 0 Å². The van der Waals surface area contributed by atoms with E-state index in [0.29, 0.717) is 5.75 Å². The third-order valence-corrected chi connectivity index (χ3v) is 2.83. The van der Waals surface area contributed by atoms with Crippen molar-refractivity contribution in [2.75, 3.05) is 12.4 Å². The van der Waals surface area contributed by atoms with E-state index in [4.69, 9.17) is 4.74 Å². The molecule has 0 spiro atoms. The summed E-state index contributed by atoms with van der Waals surface area (Å²) in [6, 6.07) is 9.06. The molecule has 0 amide bonds. The summed E-state index contributed by atoms with van der Waals surface area (Å²) in [5.41, 5.74) is 2.10. The summed E-state index contributed by atoms with van der Waals surface area (Å²) in [4.78, 5) is 0. The molecule has 2 aromatic rings. The quantitative estimate of drug-likeness (QED) is 0.903. The highest BCUT2D eigenvalue weighted by Crippen LogP contribution is 2.26. The second-order valence-electron chi connectivity index (χ2n) is 4.29. The van der Waals surface area contributed by atoms with E-state index in [1.807, 2.05) is 25.1 Å². The van der Waals surface area contributed by atoms with Gasteiger partial charge in [0.25, 0.3) is 0 Å². The molecule has 0 saturated carbocycles. The standard InChI is InChI=1S/C15H15F2NO/c1-10-3-6-14(15(7-10)19-2)18-9-11-8-12(16)4-5-13(11)17/h3-8,18H,9H2,1-2H3. The van der Waals surface area contributed by atoms with Gasteiger partial charge < -0.3 is 10.1 Å².